The summed E-state index contributed by atoms with van der Waals surface area (Å²) < 4.78 is 28.9. The van der Waals surface area contributed by atoms with Gasteiger partial charge in [-0.2, -0.15) is 0 Å². The molecule has 27 heavy (non-hydrogen) atoms. The Bertz CT molecular complexity index is 747. The van der Waals surface area contributed by atoms with Crippen LogP contribution in [0.1, 0.15) is 37.8 Å². The number of sulfone groups is 1. The van der Waals surface area contributed by atoms with Crippen LogP contribution in [-0.4, -0.2) is 46.1 Å². The maximum Gasteiger partial charge on any atom is 0.191 e. The SMILES string of the molecule is CCNC(=NCc1ccc(C)cc1OCC)NCC1(CS(C)(=O)=O)CC1.I. The first kappa shape index (κ1) is 24.0. The number of hydrogen-bond donors (Lipinski definition) is 2. The van der Waals surface area contributed by atoms with Gasteiger partial charge in [-0.3, -0.25) is 0 Å². The van der Waals surface area contributed by atoms with Crippen molar-refractivity contribution in [3.63, 3.8) is 0 Å². The Kier molecular flexibility index (Phi) is 9.33. The van der Waals surface area contributed by atoms with E-state index < -0.39 is 9.84 Å². The second-order valence-corrected chi connectivity index (χ2v) is 9.30. The lowest BCUT2D eigenvalue weighted by Gasteiger charge is -2.18. The van der Waals surface area contributed by atoms with Crippen LogP contribution in [0.15, 0.2) is 23.2 Å². The number of rotatable bonds is 9. The minimum absolute atomic E-state index is 0. The van der Waals surface area contributed by atoms with Crippen LogP contribution in [0, 0.1) is 12.3 Å². The summed E-state index contributed by atoms with van der Waals surface area (Å²) in [6, 6.07) is 6.12. The van der Waals surface area contributed by atoms with Crippen molar-refractivity contribution in [1.29, 1.82) is 0 Å². The highest BCUT2D eigenvalue weighted by Crippen LogP contribution is 2.46. The second-order valence-electron chi connectivity index (χ2n) is 7.16. The van der Waals surface area contributed by atoms with Crippen LogP contribution in [0.4, 0.5) is 0 Å². The zero-order valence-corrected chi connectivity index (χ0v) is 19.8. The van der Waals surface area contributed by atoms with Crippen molar-refractivity contribution < 1.29 is 13.2 Å². The molecule has 0 atom stereocenters. The zero-order valence-electron chi connectivity index (χ0n) is 16.7. The van der Waals surface area contributed by atoms with E-state index in [1.54, 1.807) is 0 Å². The fraction of sp³-hybridized carbons (Fsp3) is 0.632. The number of ether oxygens (including phenoxy) is 1. The topological polar surface area (TPSA) is 79.8 Å². The maximum absolute atomic E-state index is 11.6. The Morgan fingerprint density at radius 2 is 1.96 bits per heavy atom. The van der Waals surface area contributed by atoms with Gasteiger partial charge in [-0.1, -0.05) is 12.1 Å². The number of benzene rings is 1. The molecule has 154 valence electrons. The molecule has 0 radical (unpaired) electrons. The van der Waals surface area contributed by atoms with E-state index >= 15 is 0 Å². The van der Waals surface area contributed by atoms with Gasteiger partial charge in [0.1, 0.15) is 15.6 Å². The van der Waals surface area contributed by atoms with Crippen molar-refractivity contribution in [3.05, 3.63) is 29.3 Å². The van der Waals surface area contributed by atoms with E-state index in [0.29, 0.717) is 25.7 Å². The van der Waals surface area contributed by atoms with E-state index in [2.05, 4.69) is 21.7 Å². The smallest absolute Gasteiger partial charge is 0.191 e. The quantitative estimate of drug-likeness (QED) is 0.304. The summed E-state index contributed by atoms with van der Waals surface area (Å²) in [4.78, 5) is 4.65. The molecule has 8 heteroatoms. The molecule has 0 amide bonds. The predicted molar refractivity (Wildman–Crippen MR) is 122 cm³/mol. The fourth-order valence-electron chi connectivity index (χ4n) is 2.96. The number of hydrogen-bond acceptors (Lipinski definition) is 4. The number of nitrogens with one attached hydrogen (secondary N) is 2. The second kappa shape index (κ2) is 10.5. The average molecular weight is 509 g/mol. The molecule has 0 spiro atoms. The van der Waals surface area contributed by atoms with E-state index in [9.17, 15) is 8.42 Å². The van der Waals surface area contributed by atoms with Crippen LogP contribution in [-0.2, 0) is 16.4 Å². The summed E-state index contributed by atoms with van der Waals surface area (Å²) in [5.41, 5.74) is 2.05. The Hall–Kier alpha value is -1.03. The molecule has 0 saturated heterocycles. The molecule has 1 aliphatic carbocycles. The summed E-state index contributed by atoms with van der Waals surface area (Å²) in [6.07, 6.45) is 3.19. The van der Waals surface area contributed by atoms with Gasteiger partial charge in [0.25, 0.3) is 0 Å². The largest absolute Gasteiger partial charge is 0.494 e. The maximum atomic E-state index is 11.6. The van der Waals surface area contributed by atoms with Crippen molar-refractivity contribution in [2.24, 2.45) is 10.4 Å². The van der Waals surface area contributed by atoms with Crippen LogP contribution in [0.2, 0.25) is 0 Å². The Balaban J connectivity index is 0.00000364. The van der Waals surface area contributed by atoms with E-state index in [1.807, 2.05) is 32.9 Å². The van der Waals surface area contributed by atoms with Gasteiger partial charge in [-0.05, 0) is 45.2 Å². The lowest BCUT2D eigenvalue weighted by Crippen LogP contribution is -2.41. The highest BCUT2D eigenvalue weighted by Gasteiger charge is 2.45. The van der Waals surface area contributed by atoms with Crippen molar-refractivity contribution in [2.45, 2.75) is 40.2 Å². The van der Waals surface area contributed by atoms with E-state index in [4.69, 9.17) is 4.74 Å². The van der Waals surface area contributed by atoms with Crippen molar-refractivity contribution in [2.75, 3.05) is 31.7 Å². The van der Waals surface area contributed by atoms with E-state index in [1.165, 1.54) is 6.26 Å². The lowest BCUT2D eigenvalue weighted by atomic mass is 10.1. The molecule has 6 nitrogen and oxygen atoms in total. The first-order valence-corrected chi connectivity index (χ1v) is 11.3. The molecule has 1 aliphatic rings. The molecule has 0 heterocycles. The summed E-state index contributed by atoms with van der Waals surface area (Å²) in [5, 5.41) is 6.54. The zero-order chi connectivity index (χ0) is 19.2. The molecule has 1 saturated carbocycles. The predicted octanol–water partition coefficient (Wildman–Crippen LogP) is 2.89. The van der Waals surface area contributed by atoms with Gasteiger partial charge in [0.05, 0.1) is 18.9 Å². The van der Waals surface area contributed by atoms with Gasteiger partial charge in [0.15, 0.2) is 5.96 Å². The number of guanidine groups is 1. The number of halogens is 1. The summed E-state index contributed by atoms with van der Waals surface area (Å²) >= 11 is 0. The standard InChI is InChI=1S/C19H31N3O3S.HI/c1-5-20-18(22-13-19(9-10-19)14-26(4,23)24)21-12-16-8-7-15(3)11-17(16)25-6-2;/h7-8,11H,5-6,9-10,12-14H2,1-4H3,(H2,20,21,22);1H. The van der Waals surface area contributed by atoms with Gasteiger partial charge < -0.3 is 15.4 Å². The monoisotopic (exact) mass is 509 g/mol. The van der Waals surface area contributed by atoms with E-state index in [-0.39, 0.29) is 35.1 Å². The molecule has 0 aliphatic heterocycles. The number of nitrogens with zero attached hydrogens (tertiary/aromatic N) is 1. The molecule has 1 aromatic carbocycles. The highest BCUT2D eigenvalue weighted by molar-refractivity contribution is 14.0. The third-order valence-electron chi connectivity index (χ3n) is 4.43. The van der Waals surface area contributed by atoms with E-state index in [0.717, 1.165) is 36.3 Å². The molecule has 0 unspecified atom stereocenters. The normalized spacial score (nSPS) is 15.6. The van der Waals surface area contributed by atoms with Crippen LogP contribution in [0.5, 0.6) is 5.75 Å². The first-order valence-electron chi connectivity index (χ1n) is 9.19. The Morgan fingerprint density at radius 1 is 1.26 bits per heavy atom. The molecular formula is C19H32IN3O3S. The van der Waals surface area contributed by atoms with Gasteiger partial charge in [-0.25, -0.2) is 13.4 Å². The minimum atomic E-state index is -2.97. The van der Waals surface area contributed by atoms with Gasteiger partial charge >= 0.3 is 0 Å². The molecule has 0 bridgehead atoms. The Morgan fingerprint density at radius 3 is 2.52 bits per heavy atom. The minimum Gasteiger partial charge on any atom is -0.494 e. The third-order valence-corrected chi connectivity index (χ3v) is 5.57. The average Bonchev–Trinajstić information content (AvgIpc) is 3.29. The first-order chi connectivity index (χ1) is 12.3. The molecule has 2 N–H and O–H groups in total. The Labute approximate surface area is 180 Å². The fourth-order valence-corrected chi connectivity index (χ4v) is 4.47. The summed E-state index contributed by atoms with van der Waals surface area (Å²) in [5.74, 6) is 1.80. The molecular weight excluding hydrogens is 477 g/mol. The van der Waals surface area contributed by atoms with Crippen molar-refractivity contribution in [3.8, 4) is 5.75 Å². The van der Waals surface area contributed by atoms with Gasteiger partial charge in [-0.15, -0.1) is 24.0 Å². The van der Waals surface area contributed by atoms with Crippen LogP contribution >= 0.6 is 24.0 Å². The summed E-state index contributed by atoms with van der Waals surface area (Å²) in [6.45, 7) is 8.51. The number of aliphatic imine (C=N–C) groups is 1. The molecule has 2 rings (SSSR count). The number of aryl methyl sites for hydroxylation is 1. The molecule has 1 fully saturated rings. The van der Waals surface area contributed by atoms with Crippen LogP contribution < -0.4 is 15.4 Å². The van der Waals surface area contributed by atoms with Gasteiger partial charge in [0, 0.05) is 30.3 Å². The highest BCUT2D eigenvalue weighted by atomic mass is 127. The molecule has 1 aromatic rings. The van der Waals surface area contributed by atoms with Crippen molar-refractivity contribution in [1.82, 2.24) is 10.6 Å². The van der Waals surface area contributed by atoms with Gasteiger partial charge in [0.2, 0.25) is 0 Å². The molecule has 0 aromatic heterocycles. The van der Waals surface area contributed by atoms with Crippen LogP contribution in [0.3, 0.4) is 0 Å². The van der Waals surface area contributed by atoms with Crippen molar-refractivity contribution >= 4 is 39.8 Å². The third kappa shape index (κ3) is 8.25. The van der Waals surface area contributed by atoms with Crippen LogP contribution in [0.25, 0.3) is 0 Å². The lowest BCUT2D eigenvalue weighted by molar-refractivity contribution is 0.336. The summed E-state index contributed by atoms with van der Waals surface area (Å²) in [7, 11) is -2.97.